The van der Waals surface area contributed by atoms with Crippen LogP contribution in [0.4, 0.5) is 5.82 Å². The number of nitrogens with one attached hydrogen (secondary N) is 2. The summed E-state index contributed by atoms with van der Waals surface area (Å²) in [6, 6.07) is 10.8. The van der Waals surface area contributed by atoms with Gasteiger partial charge >= 0.3 is 0 Å². The number of pyridine rings is 1. The molecule has 0 atom stereocenters. The molecular weight excluding hydrogens is 286 g/mol. The minimum Gasteiger partial charge on any atom is -0.369 e. The minimum absolute atomic E-state index is 0.167. The standard InChI is InChI=1S/C15H19N3O2S/c1-3-16-15-14(9-6-10-17-15)21(19,20)18-11-13-8-5-4-7-12(13)2/h4-10,18H,3,11H2,1-2H3,(H,16,17). The van der Waals surface area contributed by atoms with Gasteiger partial charge in [-0.3, -0.25) is 0 Å². The number of nitrogens with zero attached hydrogens (tertiary/aromatic N) is 1. The van der Waals surface area contributed by atoms with E-state index in [0.29, 0.717) is 12.4 Å². The highest BCUT2D eigenvalue weighted by Gasteiger charge is 2.18. The molecule has 5 nitrogen and oxygen atoms in total. The van der Waals surface area contributed by atoms with E-state index in [0.717, 1.165) is 11.1 Å². The van der Waals surface area contributed by atoms with Crippen LogP contribution in [0.2, 0.25) is 0 Å². The highest BCUT2D eigenvalue weighted by atomic mass is 32.2. The molecule has 0 amide bonds. The Labute approximate surface area is 125 Å². The van der Waals surface area contributed by atoms with E-state index >= 15 is 0 Å². The Morgan fingerprint density at radius 1 is 1.14 bits per heavy atom. The second-order valence-corrected chi connectivity index (χ2v) is 6.37. The highest BCUT2D eigenvalue weighted by molar-refractivity contribution is 7.89. The van der Waals surface area contributed by atoms with Crippen molar-refractivity contribution in [2.45, 2.75) is 25.3 Å². The van der Waals surface area contributed by atoms with E-state index in [9.17, 15) is 8.42 Å². The first kappa shape index (κ1) is 15.5. The summed E-state index contributed by atoms with van der Waals surface area (Å²) in [5.74, 6) is 0.372. The van der Waals surface area contributed by atoms with Gasteiger partial charge in [0.15, 0.2) is 0 Å². The van der Waals surface area contributed by atoms with Crippen LogP contribution < -0.4 is 10.0 Å². The first-order valence-electron chi connectivity index (χ1n) is 6.77. The lowest BCUT2D eigenvalue weighted by molar-refractivity contribution is 0.581. The Bertz CT molecular complexity index is 714. The summed E-state index contributed by atoms with van der Waals surface area (Å²) in [5.41, 5.74) is 2.01. The smallest absolute Gasteiger partial charge is 0.244 e. The van der Waals surface area contributed by atoms with E-state index in [1.54, 1.807) is 18.3 Å². The number of sulfonamides is 1. The van der Waals surface area contributed by atoms with Crippen molar-refractivity contribution < 1.29 is 8.42 Å². The lowest BCUT2D eigenvalue weighted by Gasteiger charge is -2.12. The highest BCUT2D eigenvalue weighted by Crippen LogP contribution is 2.18. The van der Waals surface area contributed by atoms with Crippen LogP contribution in [0.5, 0.6) is 0 Å². The lowest BCUT2D eigenvalue weighted by Crippen LogP contribution is -2.25. The second kappa shape index (κ2) is 6.69. The van der Waals surface area contributed by atoms with Crippen molar-refractivity contribution in [2.24, 2.45) is 0 Å². The summed E-state index contributed by atoms with van der Waals surface area (Å²) in [6.45, 7) is 4.72. The Morgan fingerprint density at radius 3 is 2.62 bits per heavy atom. The Hall–Kier alpha value is -1.92. The van der Waals surface area contributed by atoms with Crippen LogP contribution in [0.15, 0.2) is 47.5 Å². The number of anilines is 1. The molecule has 21 heavy (non-hydrogen) atoms. The van der Waals surface area contributed by atoms with Crippen LogP contribution in [0.25, 0.3) is 0 Å². The summed E-state index contributed by atoms with van der Waals surface area (Å²) >= 11 is 0. The van der Waals surface area contributed by atoms with Gasteiger partial charge in [-0.25, -0.2) is 18.1 Å². The van der Waals surface area contributed by atoms with Crippen LogP contribution in [0.3, 0.4) is 0 Å². The van der Waals surface area contributed by atoms with Crippen molar-refractivity contribution in [1.82, 2.24) is 9.71 Å². The molecule has 0 aliphatic rings. The van der Waals surface area contributed by atoms with Gasteiger partial charge in [-0.1, -0.05) is 24.3 Å². The summed E-state index contributed by atoms with van der Waals surface area (Å²) in [7, 11) is -3.60. The first-order valence-corrected chi connectivity index (χ1v) is 8.26. The Morgan fingerprint density at radius 2 is 1.90 bits per heavy atom. The SMILES string of the molecule is CCNc1ncccc1S(=O)(=O)NCc1ccccc1C. The molecule has 0 radical (unpaired) electrons. The quantitative estimate of drug-likeness (QED) is 0.859. The van der Waals surface area contributed by atoms with Crippen LogP contribution in [-0.2, 0) is 16.6 Å². The maximum Gasteiger partial charge on any atom is 0.244 e. The molecule has 6 heteroatoms. The molecule has 2 aromatic rings. The van der Waals surface area contributed by atoms with E-state index in [1.165, 1.54) is 0 Å². The molecule has 2 rings (SSSR count). The van der Waals surface area contributed by atoms with Crippen LogP contribution >= 0.6 is 0 Å². The minimum atomic E-state index is -3.60. The molecule has 1 heterocycles. The van der Waals surface area contributed by atoms with Crippen molar-refractivity contribution in [2.75, 3.05) is 11.9 Å². The molecule has 0 aliphatic carbocycles. The molecule has 0 bridgehead atoms. The zero-order valence-electron chi connectivity index (χ0n) is 12.1. The number of hydrogen-bond donors (Lipinski definition) is 2. The van der Waals surface area contributed by atoms with E-state index in [4.69, 9.17) is 0 Å². The monoisotopic (exact) mass is 305 g/mol. The predicted molar refractivity (Wildman–Crippen MR) is 83.6 cm³/mol. The van der Waals surface area contributed by atoms with Crippen LogP contribution in [0, 0.1) is 6.92 Å². The van der Waals surface area contributed by atoms with Crippen molar-refractivity contribution in [3.8, 4) is 0 Å². The topological polar surface area (TPSA) is 71.1 Å². The van der Waals surface area contributed by atoms with Gasteiger partial charge in [0.1, 0.15) is 10.7 Å². The second-order valence-electron chi connectivity index (χ2n) is 4.63. The fourth-order valence-electron chi connectivity index (χ4n) is 1.97. The first-order chi connectivity index (χ1) is 10.0. The number of hydrogen-bond acceptors (Lipinski definition) is 4. The molecular formula is C15H19N3O2S. The third-order valence-corrected chi connectivity index (χ3v) is 4.55. The van der Waals surface area contributed by atoms with Gasteiger partial charge in [-0.15, -0.1) is 0 Å². The fourth-order valence-corrected chi connectivity index (χ4v) is 3.10. The average Bonchev–Trinajstić information content (AvgIpc) is 2.47. The molecule has 0 unspecified atom stereocenters. The summed E-state index contributed by atoms with van der Waals surface area (Å²) < 4.78 is 27.5. The van der Waals surface area contributed by atoms with Gasteiger partial charge < -0.3 is 5.32 Å². The van der Waals surface area contributed by atoms with E-state index in [1.807, 2.05) is 38.1 Å². The zero-order valence-corrected chi connectivity index (χ0v) is 12.9. The largest absolute Gasteiger partial charge is 0.369 e. The van der Waals surface area contributed by atoms with Gasteiger partial charge in [0.25, 0.3) is 0 Å². The summed E-state index contributed by atoms with van der Waals surface area (Å²) in [6.07, 6.45) is 1.57. The van der Waals surface area contributed by atoms with Crippen LogP contribution in [-0.4, -0.2) is 19.9 Å². The fraction of sp³-hybridized carbons (Fsp3) is 0.267. The van der Waals surface area contributed by atoms with Gasteiger partial charge in [-0.05, 0) is 37.1 Å². The molecule has 112 valence electrons. The summed E-state index contributed by atoms with van der Waals surface area (Å²) in [4.78, 5) is 4.24. The number of benzene rings is 1. The van der Waals surface area contributed by atoms with Crippen molar-refractivity contribution in [3.05, 3.63) is 53.7 Å². The number of aromatic nitrogens is 1. The maximum atomic E-state index is 12.4. The van der Waals surface area contributed by atoms with E-state index in [-0.39, 0.29) is 11.4 Å². The number of rotatable bonds is 6. The van der Waals surface area contributed by atoms with Gasteiger partial charge in [0.2, 0.25) is 10.0 Å². The third-order valence-electron chi connectivity index (χ3n) is 3.12. The maximum absolute atomic E-state index is 12.4. The van der Waals surface area contributed by atoms with Crippen molar-refractivity contribution in [1.29, 1.82) is 0 Å². The molecule has 0 spiro atoms. The van der Waals surface area contributed by atoms with Gasteiger partial charge in [-0.2, -0.15) is 0 Å². The zero-order chi connectivity index (χ0) is 15.3. The molecule has 1 aromatic carbocycles. The Balaban J connectivity index is 2.21. The summed E-state index contributed by atoms with van der Waals surface area (Å²) in [5, 5.41) is 2.96. The van der Waals surface area contributed by atoms with Gasteiger partial charge in [0.05, 0.1) is 0 Å². The van der Waals surface area contributed by atoms with E-state index in [2.05, 4.69) is 15.0 Å². The molecule has 1 aromatic heterocycles. The normalized spacial score (nSPS) is 11.3. The van der Waals surface area contributed by atoms with Crippen molar-refractivity contribution in [3.63, 3.8) is 0 Å². The van der Waals surface area contributed by atoms with E-state index < -0.39 is 10.0 Å². The molecule has 0 aliphatic heterocycles. The van der Waals surface area contributed by atoms with Gasteiger partial charge in [0, 0.05) is 19.3 Å². The molecule has 2 N–H and O–H groups in total. The average molecular weight is 305 g/mol. The predicted octanol–water partition coefficient (Wildman–Crippen LogP) is 2.30. The van der Waals surface area contributed by atoms with Crippen LogP contribution in [0.1, 0.15) is 18.1 Å². The molecule has 0 saturated heterocycles. The molecule has 0 saturated carbocycles. The third kappa shape index (κ3) is 3.80. The van der Waals surface area contributed by atoms with Crippen molar-refractivity contribution >= 4 is 15.8 Å². The Kier molecular flexibility index (Phi) is 4.93. The number of aryl methyl sites for hydroxylation is 1. The lowest BCUT2D eigenvalue weighted by atomic mass is 10.1. The molecule has 0 fully saturated rings.